The van der Waals surface area contributed by atoms with Gasteiger partial charge in [-0.2, -0.15) is 4.98 Å². The minimum absolute atomic E-state index is 0.110. The lowest BCUT2D eigenvalue weighted by molar-refractivity contribution is -0.0540. The molecule has 0 aliphatic carbocycles. The molecule has 1 aliphatic heterocycles. The lowest BCUT2D eigenvalue weighted by Gasteiger charge is -2.19. The molecule has 1 aliphatic rings. The number of hydrogen-bond donors (Lipinski definition) is 7. The first-order valence-corrected chi connectivity index (χ1v) is 12.6. The first kappa shape index (κ1) is 24.3. The molecule has 2 unspecified atom stereocenters. The van der Waals surface area contributed by atoms with Crippen LogP contribution in [0.4, 0.5) is 5.82 Å². The zero-order valence-corrected chi connectivity index (χ0v) is 16.9. The molecule has 8 N–H and O–H groups in total. The monoisotopic (exact) mass is 481 g/mol. The Bertz CT molecular complexity index is 946. The molecule has 6 atom stereocenters. The summed E-state index contributed by atoms with van der Waals surface area (Å²) in [5.41, 5.74) is 4.42. The van der Waals surface area contributed by atoms with Crippen LogP contribution in [-0.4, -0.2) is 70.2 Å². The van der Waals surface area contributed by atoms with E-state index in [0.717, 1.165) is 10.8 Å². The second kappa shape index (κ2) is 8.63. The molecule has 1 aromatic heterocycles. The predicted octanol–water partition coefficient (Wildman–Crippen LogP) is -2.10. The molecular weight excluding hydrogens is 463 g/mol. The third-order valence-corrected chi connectivity index (χ3v) is 8.68. The standard InChI is InChI=1S/C10H18N3O13P3/c11-6-1-2-13(10(16)12-6)9-8(15)7(14)5(25-9)3-24-29(22,23)26-28(20,21)4-27(17,18)19/h1-2,5,7-9,14-15H,3-4H2,(H,20,21)(H,22,23)(H2,11,12,16)(H2,17,18,19)/t5-,7-,8-,9-/m1/s1. The van der Waals surface area contributed by atoms with Gasteiger partial charge in [0.2, 0.25) is 0 Å². The lowest BCUT2D eigenvalue weighted by Crippen LogP contribution is -2.36. The van der Waals surface area contributed by atoms with Crippen LogP contribution in [0.1, 0.15) is 6.23 Å². The van der Waals surface area contributed by atoms with Crippen LogP contribution in [0.3, 0.4) is 0 Å². The van der Waals surface area contributed by atoms with Crippen molar-refractivity contribution in [1.29, 1.82) is 0 Å². The van der Waals surface area contributed by atoms with Crippen molar-refractivity contribution < 1.29 is 57.1 Å². The van der Waals surface area contributed by atoms with E-state index in [0.29, 0.717) is 0 Å². The van der Waals surface area contributed by atoms with Crippen molar-refractivity contribution in [2.24, 2.45) is 0 Å². The van der Waals surface area contributed by atoms with E-state index in [1.807, 2.05) is 0 Å². The number of aromatic nitrogens is 2. The highest BCUT2D eigenvalue weighted by atomic mass is 31.3. The number of phosphoric acid groups is 1. The number of anilines is 1. The molecule has 0 amide bonds. The van der Waals surface area contributed by atoms with Gasteiger partial charge in [0.15, 0.2) is 12.1 Å². The van der Waals surface area contributed by atoms with E-state index < -0.39 is 65.8 Å². The molecule has 2 heterocycles. The average molecular weight is 481 g/mol. The largest absolute Gasteiger partial charge is 0.479 e. The van der Waals surface area contributed by atoms with E-state index in [2.05, 4.69) is 13.8 Å². The van der Waals surface area contributed by atoms with Gasteiger partial charge < -0.3 is 40.3 Å². The predicted molar refractivity (Wildman–Crippen MR) is 92.4 cm³/mol. The number of hydrogen-bond acceptors (Lipinski definition) is 11. The summed E-state index contributed by atoms with van der Waals surface area (Å²) in [6, 6.07) is 1.21. The molecule has 1 fully saturated rings. The molecule has 29 heavy (non-hydrogen) atoms. The molecule has 19 heteroatoms. The van der Waals surface area contributed by atoms with Crippen molar-refractivity contribution in [2.75, 3.05) is 18.2 Å². The first-order valence-electron chi connectivity index (χ1n) is 7.51. The molecule has 0 spiro atoms. The van der Waals surface area contributed by atoms with Crippen LogP contribution in [0.2, 0.25) is 0 Å². The summed E-state index contributed by atoms with van der Waals surface area (Å²) < 4.78 is 48.3. The van der Waals surface area contributed by atoms with Crippen LogP contribution in [0.15, 0.2) is 17.1 Å². The summed E-state index contributed by atoms with van der Waals surface area (Å²) >= 11 is 0. The van der Waals surface area contributed by atoms with Gasteiger partial charge in [0.1, 0.15) is 24.1 Å². The molecule has 0 saturated carbocycles. The van der Waals surface area contributed by atoms with Gasteiger partial charge >= 0.3 is 28.7 Å². The van der Waals surface area contributed by atoms with Gasteiger partial charge in [0.05, 0.1) is 6.61 Å². The Morgan fingerprint density at radius 1 is 1.17 bits per heavy atom. The van der Waals surface area contributed by atoms with Crippen LogP contribution in [-0.2, 0) is 27.3 Å². The van der Waals surface area contributed by atoms with Crippen LogP contribution in [0.25, 0.3) is 0 Å². The van der Waals surface area contributed by atoms with E-state index in [4.69, 9.17) is 20.3 Å². The van der Waals surface area contributed by atoms with Crippen LogP contribution >= 0.6 is 23.0 Å². The molecule has 16 nitrogen and oxygen atoms in total. The summed E-state index contributed by atoms with van der Waals surface area (Å²) in [6.45, 7) is -0.963. The third kappa shape index (κ3) is 6.76. The highest BCUT2D eigenvalue weighted by molar-refractivity contribution is 7.73. The Hall–Kier alpha value is -0.990. The van der Waals surface area contributed by atoms with E-state index in [-0.39, 0.29) is 5.82 Å². The summed E-state index contributed by atoms with van der Waals surface area (Å²) in [4.78, 5) is 51.3. The fourth-order valence-corrected chi connectivity index (χ4v) is 6.67. The molecule has 2 rings (SSSR count). The van der Waals surface area contributed by atoms with Crippen LogP contribution < -0.4 is 11.4 Å². The van der Waals surface area contributed by atoms with E-state index in [9.17, 15) is 38.5 Å². The Morgan fingerprint density at radius 3 is 2.34 bits per heavy atom. The maximum atomic E-state index is 11.8. The van der Waals surface area contributed by atoms with Gasteiger partial charge in [-0.1, -0.05) is 0 Å². The zero-order valence-electron chi connectivity index (χ0n) is 14.2. The molecule has 1 aromatic rings. The Labute approximate surface area is 161 Å². The van der Waals surface area contributed by atoms with E-state index >= 15 is 0 Å². The Morgan fingerprint density at radius 2 is 1.79 bits per heavy atom. The van der Waals surface area contributed by atoms with Crippen molar-refractivity contribution in [3.63, 3.8) is 0 Å². The van der Waals surface area contributed by atoms with Crippen molar-refractivity contribution in [1.82, 2.24) is 9.55 Å². The number of nitrogen functional groups attached to an aromatic ring is 1. The summed E-state index contributed by atoms with van der Waals surface area (Å²) in [7, 11) is -15.6. The molecular formula is C10H18N3O13P3. The fraction of sp³-hybridized carbons (Fsp3) is 0.600. The number of rotatable bonds is 8. The summed E-state index contributed by atoms with van der Waals surface area (Å²) in [5.74, 6) is -1.84. The van der Waals surface area contributed by atoms with Crippen molar-refractivity contribution in [2.45, 2.75) is 24.5 Å². The molecule has 0 aromatic carbocycles. The molecule has 166 valence electrons. The van der Waals surface area contributed by atoms with E-state index in [1.165, 1.54) is 6.07 Å². The fourth-order valence-electron chi connectivity index (χ4n) is 2.33. The van der Waals surface area contributed by atoms with Crippen LogP contribution in [0, 0.1) is 0 Å². The number of nitrogens with two attached hydrogens (primary N) is 1. The average Bonchev–Trinajstić information content (AvgIpc) is 2.78. The second-order valence-electron chi connectivity index (χ2n) is 5.88. The van der Waals surface area contributed by atoms with Gasteiger partial charge in [0, 0.05) is 6.20 Å². The van der Waals surface area contributed by atoms with Crippen molar-refractivity contribution in [3.05, 3.63) is 22.7 Å². The molecule has 1 saturated heterocycles. The van der Waals surface area contributed by atoms with Gasteiger partial charge in [-0.15, -0.1) is 0 Å². The third-order valence-electron chi connectivity index (χ3n) is 3.46. The van der Waals surface area contributed by atoms with Crippen LogP contribution in [0.5, 0.6) is 0 Å². The number of nitrogens with zero attached hydrogens (tertiary/aromatic N) is 2. The van der Waals surface area contributed by atoms with Crippen molar-refractivity contribution in [3.8, 4) is 0 Å². The van der Waals surface area contributed by atoms with Crippen molar-refractivity contribution >= 4 is 28.8 Å². The molecule has 0 radical (unpaired) electrons. The Balaban J connectivity index is 2.05. The highest BCUT2D eigenvalue weighted by Crippen LogP contribution is 2.65. The summed E-state index contributed by atoms with van der Waals surface area (Å²) in [5, 5.41) is 20.0. The second-order valence-corrected chi connectivity index (χ2v) is 11.5. The number of aliphatic hydroxyl groups is 2. The first-order chi connectivity index (χ1) is 13.1. The number of phosphoric ester groups is 1. The topological polar surface area (TPSA) is 261 Å². The highest BCUT2D eigenvalue weighted by Gasteiger charge is 2.46. The SMILES string of the molecule is Nc1ccn([C@@H]2O[C@H](COP(=O)(O)OP(=O)(O)CP(=O)(O)O)[C@@H](O)[C@H]2O)c(=O)n1. The lowest BCUT2D eigenvalue weighted by atomic mass is 10.1. The maximum absolute atomic E-state index is 11.8. The minimum atomic E-state index is -5.33. The Kier molecular flexibility index (Phi) is 7.23. The smallest absolute Gasteiger partial charge is 0.387 e. The van der Waals surface area contributed by atoms with Gasteiger partial charge in [-0.05, 0) is 6.07 Å². The summed E-state index contributed by atoms with van der Waals surface area (Å²) in [6.07, 6.45) is -5.25. The quantitative estimate of drug-likeness (QED) is 0.196. The number of ether oxygens (including phenoxy) is 1. The van der Waals surface area contributed by atoms with Gasteiger partial charge in [-0.3, -0.25) is 18.2 Å². The zero-order chi connectivity index (χ0) is 22.2. The molecule has 0 bridgehead atoms. The maximum Gasteiger partial charge on any atom is 0.479 e. The normalized spacial score (nSPS) is 29.3. The number of aliphatic hydroxyl groups excluding tert-OH is 2. The van der Waals surface area contributed by atoms with Gasteiger partial charge in [-0.25, -0.2) is 13.7 Å². The van der Waals surface area contributed by atoms with E-state index in [1.54, 1.807) is 0 Å². The minimum Gasteiger partial charge on any atom is -0.387 e. The van der Waals surface area contributed by atoms with Gasteiger partial charge in [0.25, 0.3) is 0 Å².